The number of likely N-dealkylation sites (N-methyl/N-ethyl adjacent to an activating group) is 1. The number of hydrogen-bond acceptors (Lipinski definition) is 7. The largest absolute Gasteiger partial charge is 0.466 e. The monoisotopic (exact) mass is 488 g/mol. The quantitative estimate of drug-likeness (QED) is 0.561. The van der Waals surface area contributed by atoms with Crippen molar-refractivity contribution < 1.29 is 27.5 Å². The van der Waals surface area contributed by atoms with Crippen LogP contribution in [0.15, 0.2) is 53.7 Å². The van der Waals surface area contributed by atoms with Crippen LogP contribution in [0.5, 0.6) is 0 Å². The molecule has 0 bridgehead atoms. The predicted octanol–water partition coefficient (Wildman–Crippen LogP) is 1.76. The number of nitrogens with zero attached hydrogens (tertiary/aromatic N) is 3. The van der Waals surface area contributed by atoms with Crippen molar-refractivity contribution >= 4 is 33.5 Å². The molecular weight excluding hydrogens is 460 g/mol. The van der Waals surface area contributed by atoms with Gasteiger partial charge in [-0.2, -0.15) is 0 Å². The van der Waals surface area contributed by atoms with Crippen LogP contribution < -0.4 is 4.72 Å². The van der Waals surface area contributed by atoms with Gasteiger partial charge in [-0.3, -0.25) is 24.1 Å². The number of likely N-dealkylation sites (tertiary alicyclic amines) is 1. The average molecular weight is 489 g/mol. The fraction of sp³-hybridized carbons (Fsp3) is 0.391. The maximum Gasteiger partial charge on any atom is 0.309 e. The van der Waals surface area contributed by atoms with Crippen molar-refractivity contribution in [2.24, 2.45) is 5.92 Å². The highest BCUT2D eigenvalue weighted by Crippen LogP contribution is 2.20. The van der Waals surface area contributed by atoms with Crippen molar-refractivity contribution in [3.05, 3.63) is 54.4 Å². The Morgan fingerprint density at radius 2 is 1.71 bits per heavy atom. The van der Waals surface area contributed by atoms with Gasteiger partial charge in [-0.15, -0.1) is 0 Å². The first-order valence-electron chi connectivity index (χ1n) is 10.9. The summed E-state index contributed by atoms with van der Waals surface area (Å²) < 4.78 is 32.6. The van der Waals surface area contributed by atoms with Crippen molar-refractivity contribution in [3.63, 3.8) is 0 Å². The van der Waals surface area contributed by atoms with Crippen LogP contribution in [0.2, 0.25) is 0 Å². The van der Waals surface area contributed by atoms with E-state index in [4.69, 9.17) is 4.74 Å². The maximum atomic E-state index is 12.8. The lowest BCUT2D eigenvalue weighted by molar-refractivity contribution is -0.151. The second-order valence-electron chi connectivity index (χ2n) is 7.93. The number of rotatable bonds is 8. The molecule has 2 heterocycles. The molecule has 0 spiro atoms. The number of ether oxygens (including phenoxy) is 1. The van der Waals surface area contributed by atoms with E-state index in [0.29, 0.717) is 38.2 Å². The molecule has 2 amide bonds. The van der Waals surface area contributed by atoms with Gasteiger partial charge in [0, 0.05) is 38.1 Å². The SMILES string of the molecule is CCOC(=O)C1CCN(C(=O)CN(C)C(=O)c2ccc(S(=O)(=O)Nc3ccncc3)cc2)CC1. The number of hydrogen-bond donors (Lipinski definition) is 1. The van der Waals surface area contributed by atoms with Crippen molar-refractivity contribution in [1.82, 2.24) is 14.8 Å². The minimum absolute atomic E-state index is 0.00376. The number of amides is 2. The smallest absolute Gasteiger partial charge is 0.309 e. The van der Waals surface area contributed by atoms with Gasteiger partial charge < -0.3 is 14.5 Å². The Morgan fingerprint density at radius 1 is 1.09 bits per heavy atom. The summed E-state index contributed by atoms with van der Waals surface area (Å²) in [6, 6.07) is 8.56. The number of esters is 1. The summed E-state index contributed by atoms with van der Waals surface area (Å²) in [5.41, 5.74) is 0.638. The Labute approximate surface area is 199 Å². The molecule has 1 aromatic carbocycles. The summed E-state index contributed by atoms with van der Waals surface area (Å²) in [4.78, 5) is 44.0. The van der Waals surface area contributed by atoms with Crippen molar-refractivity contribution in [1.29, 1.82) is 0 Å². The molecule has 1 aliphatic heterocycles. The summed E-state index contributed by atoms with van der Waals surface area (Å²) in [5.74, 6) is -1.05. The molecule has 1 saturated heterocycles. The Morgan fingerprint density at radius 3 is 2.29 bits per heavy atom. The van der Waals surface area contributed by atoms with E-state index in [2.05, 4.69) is 9.71 Å². The van der Waals surface area contributed by atoms with Gasteiger partial charge in [-0.25, -0.2) is 8.42 Å². The van der Waals surface area contributed by atoms with E-state index in [1.54, 1.807) is 11.8 Å². The molecule has 1 fully saturated rings. The van der Waals surface area contributed by atoms with Crippen LogP contribution in [0.4, 0.5) is 5.69 Å². The van der Waals surface area contributed by atoms with Crippen molar-refractivity contribution in [2.75, 3.05) is 38.0 Å². The summed E-state index contributed by atoms with van der Waals surface area (Å²) in [5, 5.41) is 0. The molecule has 11 heteroatoms. The van der Waals surface area contributed by atoms with Crippen molar-refractivity contribution in [3.8, 4) is 0 Å². The first kappa shape index (κ1) is 25.2. The Bertz CT molecular complexity index is 1110. The van der Waals surface area contributed by atoms with Crippen molar-refractivity contribution in [2.45, 2.75) is 24.7 Å². The molecule has 0 aliphatic carbocycles. The van der Waals surface area contributed by atoms with Gasteiger partial charge >= 0.3 is 5.97 Å². The molecule has 0 radical (unpaired) electrons. The van der Waals surface area contributed by atoms with Crippen LogP contribution >= 0.6 is 0 Å². The zero-order chi connectivity index (χ0) is 24.7. The molecule has 2 aromatic rings. The van der Waals surface area contributed by atoms with Crippen LogP contribution in [0.1, 0.15) is 30.1 Å². The lowest BCUT2D eigenvalue weighted by atomic mass is 9.97. The number of nitrogens with one attached hydrogen (secondary N) is 1. The molecule has 1 aromatic heterocycles. The van der Waals surface area contributed by atoms with Crippen LogP contribution in [-0.4, -0.2) is 74.3 Å². The Kier molecular flexibility index (Phi) is 8.21. The second-order valence-corrected chi connectivity index (χ2v) is 9.62. The van der Waals surface area contributed by atoms with Gasteiger partial charge in [0.05, 0.1) is 29.7 Å². The van der Waals surface area contributed by atoms with E-state index in [1.807, 2.05) is 0 Å². The number of carbonyl (C=O) groups is 3. The molecule has 0 unspecified atom stereocenters. The fourth-order valence-corrected chi connectivity index (χ4v) is 4.69. The fourth-order valence-electron chi connectivity index (χ4n) is 3.63. The van der Waals surface area contributed by atoms with E-state index in [9.17, 15) is 22.8 Å². The third kappa shape index (κ3) is 6.31. The summed E-state index contributed by atoms with van der Waals surface area (Å²) in [6.45, 7) is 2.84. The lowest BCUT2D eigenvalue weighted by Gasteiger charge is -2.32. The van der Waals surface area contributed by atoms with Gasteiger partial charge in [-0.1, -0.05) is 0 Å². The van der Waals surface area contributed by atoms with Gasteiger partial charge in [0.25, 0.3) is 15.9 Å². The lowest BCUT2D eigenvalue weighted by Crippen LogP contribution is -2.45. The number of benzene rings is 1. The van der Waals surface area contributed by atoms with Crippen LogP contribution in [0, 0.1) is 5.92 Å². The molecular formula is C23H28N4O6S. The zero-order valence-corrected chi connectivity index (χ0v) is 20.0. The first-order chi connectivity index (χ1) is 16.2. The maximum absolute atomic E-state index is 12.8. The van der Waals surface area contributed by atoms with E-state index < -0.39 is 15.9 Å². The number of piperidine rings is 1. The molecule has 1 N–H and O–H groups in total. The Hall–Kier alpha value is -3.47. The Balaban J connectivity index is 1.55. The molecule has 0 atom stereocenters. The normalized spacial score (nSPS) is 14.4. The molecule has 182 valence electrons. The molecule has 0 saturated carbocycles. The molecule has 1 aliphatic rings. The zero-order valence-electron chi connectivity index (χ0n) is 19.1. The van der Waals surface area contributed by atoms with Crippen LogP contribution in [-0.2, 0) is 24.3 Å². The number of aromatic nitrogens is 1. The van der Waals surface area contributed by atoms with E-state index >= 15 is 0 Å². The number of carbonyl (C=O) groups excluding carboxylic acids is 3. The van der Waals surface area contributed by atoms with E-state index in [1.165, 1.54) is 60.7 Å². The first-order valence-corrected chi connectivity index (χ1v) is 12.4. The standard InChI is InChI=1S/C23H28N4O6S/c1-3-33-23(30)18-10-14-27(15-11-18)21(28)16-26(2)22(29)17-4-6-20(7-5-17)34(31,32)25-19-8-12-24-13-9-19/h4-9,12-13,18H,3,10-11,14-16H2,1-2H3,(H,24,25). The molecule has 10 nitrogen and oxygen atoms in total. The van der Waals surface area contributed by atoms with Gasteiger partial charge in [0.15, 0.2) is 0 Å². The third-order valence-corrected chi connectivity index (χ3v) is 6.93. The average Bonchev–Trinajstić information content (AvgIpc) is 2.84. The van der Waals surface area contributed by atoms with Crippen LogP contribution in [0.3, 0.4) is 0 Å². The molecule has 3 rings (SSSR count). The summed E-state index contributed by atoms with van der Waals surface area (Å²) in [7, 11) is -2.31. The molecule has 34 heavy (non-hydrogen) atoms. The minimum Gasteiger partial charge on any atom is -0.466 e. The number of anilines is 1. The number of pyridine rings is 1. The third-order valence-electron chi connectivity index (χ3n) is 5.53. The second kappa shape index (κ2) is 11.1. The topological polar surface area (TPSA) is 126 Å². The summed E-state index contributed by atoms with van der Waals surface area (Å²) >= 11 is 0. The van der Waals surface area contributed by atoms with Gasteiger partial charge in [0.2, 0.25) is 5.91 Å². The highest BCUT2D eigenvalue weighted by atomic mass is 32.2. The van der Waals surface area contributed by atoms with Gasteiger partial charge in [0.1, 0.15) is 0 Å². The minimum atomic E-state index is -3.82. The number of sulfonamides is 1. The highest BCUT2D eigenvalue weighted by Gasteiger charge is 2.29. The van der Waals surface area contributed by atoms with E-state index in [-0.39, 0.29) is 34.8 Å². The van der Waals surface area contributed by atoms with Crippen LogP contribution in [0.25, 0.3) is 0 Å². The van der Waals surface area contributed by atoms with Gasteiger partial charge in [-0.05, 0) is 56.2 Å². The predicted molar refractivity (Wildman–Crippen MR) is 124 cm³/mol. The highest BCUT2D eigenvalue weighted by molar-refractivity contribution is 7.92. The summed E-state index contributed by atoms with van der Waals surface area (Å²) in [6.07, 6.45) is 4.01. The van der Waals surface area contributed by atoms with E-state index in [0.717, 1.165) is 0 Å².